The summed E-state index contributed by atoms with van der Waals surface area (Å²) in [6, 6.07) is 5.31. The van der Waals surface area contributed by atoms with E-state index in [1.54, 1.807) is 18.4 Å². The molecule has 0 bridgehead atoms. The van der Waals surface area contributed by atoms with Crippen molar-refractivity contribution in [2.24, 2.45) is 5.92 Å². The van der Waals surface area contributed by atoms with Crippen molar-refractivity contribution in [3.05, 3.63) is 52.6 Å². The summed E-state index contributed by atoms with van der Waals surface area (Å²) in [5.74, 6) is -0.463. The highest BCUT2D eigenvalue weighted by Gasteiger charge is 2.41. The van der Waals surface area contributed by atoms with E-state index in [2.05, 4.69) is 15.6 Å². The molecule has 0 amide bonds. The number of rotatable bonds is 8. The first-order valence-electron chi connectivity index (χ1n) is 11.6. The lowest BCUT2D eigenvalue weighted by molar-refractivity contribution is -0.125. The minimum atomic E-state index is -0.803. The summed E-state index contributed by atoms with van der Waals surface area (Å²) in [4.78, 5) is 17.0. The van der Waals surface area contributed by atoms with Crippen LogP contribution in [0.4, 0.5) is 0 Å². The summed E-state index contributed by atoms with van der Waals surface area (Å²) < 4.78 is 5.41. The number of hydrogen-bond donors (Lipinski definition) is 4. The van der Waals surface area contributed by atoms with E-state index in [-0.39, 0.29) is 11.3 Å². The number of nitrogens with one attached hydrogen (secondary N) is 2. The van der Waals surface area contributed by atoms with Crippen molar-refractivity contribution in [2.75, 3.05) is 26.2 Å². The molecule has 8 nitrogen and oxygen atoms in total. The first-order chi connectivity index (χ1) is 15.9. The third-order valence-electron chi connectivity index (χ3n) is 7.12. The van der Waals surface area contributed by atoms with Crippen LogP contribution in [0.25, 0.3) is 0 Å². The number of ketones is 1. The second kappa shape index (κ2) is 10.1. The van der Waals surface area contributed by atoms with Crippen LogP contribution in [-0.4, -0.2) is 58.9 Å². The van der Waals surface area contributed by atoms with Gasteiger partial charge >= 0.3 is 0 Å². The smallest absolute Gasteiger partial charge is 0.147 e. The zero-order valence-electron chi connectivity index (χ0n) is 19.0. The number of carbonyl (C=O) groups excluding carboxylic acids is 1. The number of aliphatic hydroxyl groups excluding tert-OH is 2. The largest absolute Gasteiger partial charge is 0.496 e. The Hall–Kier alpha value is -2.57. The third kappa shape index (κ3) is 5.17. The average Bonchev–Trinajstić information content (AvgIpc) is 3.28. The van der Waals surface area contributed by atoms with Crippen molar-refractivity contribution in [3.63, 3.8) is 0 Å². The van der Waals surface area contributed by atoms with Crippen LogP contribution >= 0.6 is 0 Å². The molecule has 4 N–H and O–H groups in total. The van der Waals surface area contributed by atoms with Crippen LogP contribution in [0.5, 0.6) is 0 Å². The van der Waals surface area contributed by atoms with Crippen LogP contribution in [-0.2, 0) is 9.53 Å². The van der Waals surface area contributed by atoms with Crippen LogP contribution in [0.15, 0.2) is 41.3 Å². The van der Waals surface area contributed by atoms with Crippen LogP contribution in [0, 0.1) is 17.2 Å². The van der Waals surface area contributed by atoms with E-state index in [1.807, 2.05) is 13.0 Å². The topological polar surface area (TPSA) is 128 Å². The summed E-state index contributed by atoms with van der Waals surface area (Å²) in [5, 5.41) is 37.5. The van der Waals surface area contributed by atoms with Gasteiger partial charge in [-0.15, -0.1) is 0 Å². The Morgan fingerprint density at radius 2 is 2.24 bits per heavy atom. The maximum Gasteiger partial charge on any atom is 0.147 e. The normalized spacial score (nSPS) is 26.8. The molecule has 4 unspecified atom stereocenters. The average molecular weight is 453 g/mol. The molecule has 4 atom stereocenters. The standard InChI is InChI=1S/C25H32N4O4/c1-16-19-14-33-13-18(19)8-21(30)24(16)22(31)9-25(6-2-3-7-29-25)15-27-12-23(32)20-5-4-17(10-26)11-28-20/h4-5,11,13,22-24,27,29,31-32H,2-3,6-9,12,14-15H2,1H3. The Bertz CT molecular complexity index is 973. The molecule has 3 heterocycles. The van der Waals surface area contributed by atoms with E-state index in [0.717, 1.165) is 42.5 Å². The highest BCUT2D eigenvalue weighted by atomic mass is 16.5. The number of hydrogen-bond acceptors (Lipinski definition) is 8. The van der Waals surface area contributed by atoms with Crippen LogP contribution < -0.4 is 10.6 Å². The summed E-state index contributed by atoms with van der Waals surface area (Å²) >= 11 is 0. The van der Waals surface area contributed by atoms with Crippen molar-refractivity contribution in [1.82, 2.24) is 15.6 Å². The van der Waals surface area contributed by atoms with E-state index in [9.17, 15) is 15.0 Å². The van der Waals surface area contributed by atoms with Gasteiger partial charge in [0, 0.05) is 36.8 Å². The van der Waals surface area contributed by atoms with Crippen LogP contribution in [0.1, 0.15) is 56.4 Å². The number of aromatic nitrogens is 1. The van der Waals surface area contributed by atoms with Crippen LogP contribution in [0.3, 0.4) is 0 Å². The Labute approximate surface area is 194 Å². The van der Waals surface area contributed by atoms with Crippen LogP contribution in [0.2, 0.25) is 0 Å². The number of ether oxygens (including phenoxy) is 1. The summed E-state index contributed by atoms with van der Waals surface area (Å²) in [5.41, 5.74) is 3.52. The molecule has 0 spiro atoms. The zero-order valence-corrected chi connectivity index (χ0v) is 19.0. The van der Waals surface area contributed by atoms with Crippen molar-refractivity contribution in [3.8, 4) is 6.07 Å². The number of fused-ring (bicyclic) bond motifs is 1. The van der Waals surface area contributed by atoms with E-state index < -0.39 is 18.1 Å². The van der Waals surface area contributed by atoms with Gasteiger partial charge in [-0.25, -0.2) is 0 Å². The van der Waals surface area contributed by atoms with Gasteiger partial charge < -0.3 is 25.6 Å². The Morgan fingerprint density at radius 3 is 2.94 bits per heavy atom. The van der Waals surface area contributed by atoms with Crippen molar-refractivity contribution in [1.29, 1.82) is 5.26 Å². The fourth-order valence-electron chi connectivity index (χ4n) is 5.30. The molecule has 2 aliphatic heterocycles. The number of piperidine rings is 1. The van der Waals surface area contributed by atoms with Crippen molar-refractivity contribution in [2.45, 2.75) is 56.8 Å². The molecule has 1 saturated heterocycles. The molecule has 0 aromatic carbocycles. The molecule has 1 aliphatic carbocycles. The van der Waals surface area contributed by atoms with Crippen molar-refractivity contribution >= 4 is 5.78 Å². The second-order valence-electron chi connectivity index (χ2n) is 9.40. The zero-order chi connectivity index (χ0) is 23.4. The number of pyridine rings is 1. The lowest BCUT2D eigenvalue weighted by atomic mass is 9.73. The Morgan fingerprint density at radius 1 is 1.39 bits per heavy atom. The molecular weight excluding hydrogens is 420 g/mol. The third-order valence-corrected chi connectivity index (χ3v) is 7.12. The number of nitriles is 1. The predicted octanol–water partition coefficient (Wildman–Crippen LogP) is 1.66. The summed E-state index contributed by atoms with van der Waals surface area (Å²) in [7, 11) is 0. The van der Waals surface area contributed by atoms with E-state index >= 15 is 0 Å². The molecule has 1 aromatic heterocycles. The highest BCUT2D eigenvalue weighted by molar-refractivity contribution is 5.90. The maximum absolute atomic E-state index is 12.9. The van der Waals surface area contributed by atoms with Gasteiger partial charge in [-0.2, -0.15) is 5.26 Å². The molecule has 3 aliphatic rings. The molecular formula is C25H32N4O4. The molecule has 0 saturated carbocycles. The highest BCUT2D eigenvalue weighted by Crippen LogP contribution is 2.38. The van der Waals surface area contributed by atoms with E-state index in [1.165, 1.54) is 6.20 Å². The van der Waals surface area contributed by atoms with Gasteiger partial charge in [-0.3, -0.25) is 9.78 Å². The summed E-state index contributed by atoms with van der Waals surface area (Å²) in [6.45, 7) is 4.12. The number of Topliss-reactive ketones (excluding diaryl/α,β-unsaturated/α-hetero) is 1. The molecule has 176 valence electrons. The Kier molecular flexibility index (Phi) is 7.25. The lowest BCUT2D eigenvalue weighted by Crippen LogP contribution is -2.58. The lowest BCUT2D eigenvalue weighted by Gasteiger charge is -2.42. The minimum Gasteiger partial charge on any atom is -0.496 e. The fourth-order valence-corrected chi connectivity index (χ4v) is 5.30. The van der Waals surface area contributed by atoms with E-state index in [4.69, 9.17) is 10.00 Å². The second-order valence-corrected chi connectivity index (χ2v) is 9.40. The molecule has 1 fully saturated rings. The molecule has 33 heavy (non-hydrogen) atoms. The molecule has 0 radical (unpaired) electrons. The first kappa shape index (κ1) is 23.6. The number of carbonyl (C=O) groups is 1. The minimum absolute atomic E-state index is 0.0433. The summed E-state index contributed by atoms with van der Waals surface area (Å²) in [6.07, 6.45) is 5.30. The van der Waals surface area contributed by atoms with Gasteiger partial charge in [0.1, 0.15) is 24.6 Å². The van der Waals surface area contributed by atoms with Gasteiger partial charge in [0.2, 0.25) is 0 Å². The molecule has 8 heteroatoms. The number of nitrogens with zero attached hydrogens (tertiary/aromatic N) is 2. The van der Waals surface area contributed by atoms with Gasteiger partial charge in [-0.1, -0.05) is 12.0 Å². The first-order valence-corrected chi connectivity index (χ1v) is 11.6. The van der Waals surface area contributed by atoms with Gasteiger partial charge in [0.05, 0.1) is 29.5 Å². The SMILES string of the molecule is CC1=C2COC=C2CC(=O)C1C(O)CC1(CNCC(O)c2ccc(C#N)cn2)CCCCN1. The van der Waals surface area contributed by atoms with Crippen molar-refractivity contribution < 1.29 is 19.7 Å². The van der Waals surface area contributed by atoms with Gasteiger partial charge in [0.25, 0.3) is 0 Å². The maximum atomic E-state index is 12.9. The predicted molar refractivity (Wildman–Crippen MR) is 122 cm³/mol. The van der Waals surface area contributed by atoms with E-state index in [0.29, 0.717) is 43.8 Å². The number of aliphatic hydroxyl groups is 2. The quantitative estimate of drug-likeness (QED) is 0.469. The van der Waals surface area contributed by atoms with Gasteiger partial charge in [-0.05, 0) is 50.4 Å². The van der Waals surface area contributed by atoms with Gasteiger partial charge in [0.15, 0.2) is 0 Å². The molecule has 1 aromatic rings. The molecule has 4 rings (SSSR count). The Balaban J connectivity index is 1.40. The fraction of sp³-hybridized carbons (Fsp3) is 0.560. The monoisotopic (exact) mass is 452 g/mol.